The molecule has 1 aromatic carbocycles. The van der Waals surface area contributed by atoms with Gasteiger partial charge in [-0.2, -0.15) is 5.26 Å². The second kappa shape index (κ2) is 9.45. The summed E-state index contributed by atoms with van der Waals surface area (Å²) in [5, 5.41) is 12.3. The zero-order valence-electron chi connectivity index (χ0n) is 18.0. The van der Waals surface area contributed by atoms with Crippen molar-refractivity contribution in [3.05, 3.63) is 39.8 Å². The number of carbonyl (C=O) groups excluding carboxylic acids is 1. The van der Waals surface area contributed by atoms with Crippen molar-refractivity contribution in [2.24, 2.45) is 0 Å². The first kappa shape index (κ1) is 22.1. The van der Waals surface area contributed by atoms with Gasteiger partial charge in [0.2, 0.25) is 0 Å². The summed E-state index contributed by atoms with van der Waals surface area (Å²) in [5.74, 6) is 0.857. The third-order valence-electron chi connectivity index (χ3n) is 4.95. The quantitative estimate of drug-likeness (QED) is 0.704. The Bertz CT molecular complexity index is 921. The SMILES string of the molecule is COc1cc(C#N)ccc1OCC(=O)N1CCN(Cc2csc(C(C)(C)C)n2)CC1. The Kier molecular flexibility index (Phi) is 6.95. The van der Waals surface area contributed by atoms with E-state index in [-0.39, 0.29) is 17.9 Å². The summed E-state index contributed by atoms with van der Waals surface area (Å²) < 4.78 is 10.9. The largest absolute Gasteiger partial charge is 0.493 e. The van der Waals surface area contributed by atoms with Crippen molar-refractivity contribution in [3.8, 4) is 17.6 Å². The molecule has 0 spiro atoms. The predicted octanol–water partition coefficient (Wildman–Crippen LogP) is 3.04. The fourth-order valence-corrected chi connectivity index (χ4v) is 4.09. The number of aromatic nitrogens is 1. The third kappa shape index (κ3) is 5.49. The van der Waals surface area contributed by atoms with E-state index >= 15 is 0 Å². The van der Waals surface area contributed by atoms with Crippen LogP contribution in [0.4, 0.5) is 0 Å². The van der Waals surface area contributed by atoms with Gasteiger partial charge in [-0.1, -0.05) is 20.8 Å². The maximum Gasteiger partial charge on any atom is 0.260 e. The summed E-state index contributed by atoms with van der Waals surface area (Å²) in [6, 6.07) is 6.95. The standard InChI is InChI=1S/C22H28N4O3S/c1-22(2,3)21-24-17(15-30-21)13-25-7-9-26(10-8-25)20(27)14-29-18-6-5-16(12-23)11-19(18)28-4/h5-6,11,15H,7-10,13-14H2,1-4H3. The number of amides is 1. The number of hydrogen-bond acceptors (Lipinski definition) is 7. The highest BCUT2D eigenvalue weighted by atomic mass is 32.1. The molecule has 160 valence electrons. The highest BCUT2D eigenvalue weighted by Gasteiger charge is 2.23. The van der Waals surface area contributed by atoms with E-state index in [1.165, 1.54) is 7.11 Å². The zero-order chi connectivity index (χ0) is 21.7. The highest BCUT2D eigenvalue weighted by molar-refractivity contribution is 7.09. The van der Waals surface area contributed by atoms with Crippen LogP contribution in [-0.4, -0.2) is 60.6 Å². The highest BCUT2D eigenvalue weighted by Crippen LogP contribution is 2.28. The molecule has 0 atom stereocenters. The van der Waals surface area contributed by atoms with Crippen LogP contribution in [0.5, 0.6) is 11.5 Å². The molecule has 1 aliphatic rings. The first-order valence-corrected chi connectivity index (χ1v) is 10.8. The van der Waals surface area contributed by atoms with Crippen molar-refractivity contribution in [2.75, 3.05) is 39.9 Å². The van der Waals surface area contributed by atoms with Crippen LogP contribution in [0.15, 0.2) is 23.6 Å². The monoisotopic (exact) mass is 428 g/mol. The molecule has 0 aliphatic carbocycles. The first-order chi connectivity index (χ1) is 14.3. The molecule has 2 aromatic rings. The molecule has 0 N–H and O–H groups in total. The minimum absolute atomic E-state index is 0.0512. The summed E-state index contributed by atoms with van der Waals surface area (Å²) >= 11 is 1.71. The lowest BCUT2D eigenvalue weighted by molar-refractivity contribution is -0.135. The Morgan fingerprint density at radius 3 is 2.57 bits per heavy atom. The summed E-state index contributed by atoms with van der Waals surface area (Å²) in [7, 11) is 1.51. The third-order valence-corrected chi connectivity index (χ3v) is 6.26. The molecule has 0 radical (unpaired) electrons. The van der Waals surface area contributed by atoms with E-state index in [2.05, 4.69) is 37.1 Å². The Labute approximate surface area is 181 Å². The number of rotatable bonds is 6. The van der Waals surface area contributed by atoms with E-state index in [1.807, 2.05) is 4.90 Å². The topological polar surface area (TPSA) is 78.7 Å². The second-order valence-corrected chi connectivity index (χ2v) is 9.18. The molecule has 1 amide bonds. The lowest BCUT2D eigenvalue weighted by Crippen LogP contribution is -2.49. The van der Waals surface area contributed by atoms with Gasteiger partial charge in [-0.15, -0.1) is 11.3 Å². The van der Waals surface area contributed by atoms with Crippen molar-refractivity contribution in [3.63, 3.8) is 0 Å². The van der Waals surface area contributed by atoms with Crippen LogP contribution in [0.3, 0.4) is 0 Å². The fraction of sp³-hybridized carbons (Fsp3) is 0.500. The van der Waals surface area contributed by atoms with Crippen molar-refractivity contribution in [1.82, 2.24) is 14.8 Å². The number of thiazole rings is 1. The number of nitriles is 1. The van der Waals surface area contributed by atoms with Crippen LogP contribution in [0.1, 0.15) is 37.0 Å². The van der Waals surface area contributed by atoms with Gasteiger partial charge in [0, 0.05) is 49.6 Å². The average Bonchev–Trinajstić information content (AvgIpc) is 3.21. The number of methoxy groups -OCH3 is 1. The summed E-state index contributed by atoms with van der Waals surface area (Å²) in [5.41, 5.74) is 1.66. The average molecular weight is 429 g/mol. The molecule has 1 aliphatic heterocycles. The van der Waals surface area contributed by atoms with Crippen molar-refractivity contribution < 1.29 is 14.3 Å². The smallest absolute Gasteiger partial charge is 0.260 e. The lowest BCUT2D eigenvalue weighted by atomic mass is 9.98. The molecule has 0 bridgehead atoms. The molecule has 30 heavy (non-hydrogen) atoms. The summed E-state index contributed by atoms with van der Waals surface area (Å²) in [6.07, 6.45) is 0. The molecular weight excluding hydrogens is 400 g/mol. The molecule has 8 heteroatoms. The number of piperazine rings is 1. The molecule has 2 heterocycles. The first-order valence-electron chi connectivity index (χ1n) is 9.96. The van der Waals surface area contributed by atoms with Gasteiger partial charge in [-0.3, -0.25) is 9.69 Å². The van der Waals surface area contributed by atoms with Crippen molar-refractivity contribution >= 4 is 17.2 Å². The van der Waals surface area contributed by atoms with Crippen LogP contribution < -0.4 is 9.47 Å². The van der Waals surface area contributed by atoms with E-state index in [1.54, 1.807) is 29.5 Å². The Balaban J connectivity index is 1.47. The maximum absolute atomic E-state index is 12.6. The van der Waals surface area contributed by atoms with Gasteiger partial charge in [0.15, 0.2) is 18.1 Å². The van der Waals surface area contributed by atoms with E-state index in [9.17, 15) is 4.79 Å². The zero-order valence-corrected chi connectivity index (χ0v) is 18.8. The molecule has 0 unspecified atom stereocenters. The molecule has 0 saturated carbocycles. The van der Waals surface area contributed by atoms with E-state index < -0.39 is 0 Å². The number of benzene rings is 1. The van der Waals surface area contributed by atoms with Crippen LogP contribution in [0.2, 0.25) is 0 Å². The van der Waals surface area contributed by atoms with Crippen LogP contribution in [0, 0.1) is 11.3 Å². The molecule has 1 saturated heterocycles. The van der Waals surface area contributed by atoms with Gasteiger partial charge in [-0.25, -0.2) is 4.98 Å². The van der Waals surface area contributed by atoms with Crippen molar-refractivity contribution in [2.45, 2.75) is 32.7 Å². The number of ether oxygens (including phenoxy) is 2. The van der Waals surface area contributed by atoms with E-state index in [4.69, 9.17) is 19.7 Å². The predicted molar refractivity (Wildman–Crippen MR) is 116 cm³/mol. The fourth-order valence-electron chi connectivity index (χ4n) is 3.20. The van der Waals surface area contributed by atoms with Crippen LogP contribution >= 0.6 is 11.3 Å². The Hall–Kier alpha value is -2.63. The number of hydrogen-bond donors (Lipinski definition) is 0. The van der Waals surface area contributed by atoms with Gasteiger partial charge in [0.05, 0.1) is 29.4 Å². The van der Waals surface area contributed by atoms with Gasteiger partial charge in [0.25, 0.3) is 5.91 Å². The van der Waals surface area contributed by atoms with Crippen molar-refractivity contribution in [1.29, 1.82) is 5.26 Å². The van der Waals surface area contributed by atoms with E-state index in [0.29, 0.717) is 30.2 Å². The maximum atomic E-state index is 12.6. The number of carbonyl (C=O) groups is 1. The lowest BCUT2D eigenvalue weighted by Gasteiger charge is -2.34. The van der Waals surface area contributed by atoms with Gasteiger partial charge >= 0.3 is 0 Å². The molecule has 1 fully saturated rings. The Morgan fingerprint density at radius 1 is 1.23 bits per heavy atom. The minimum atomic E-state index is -0.0523. The normalized spacial score (nSPS) is 15.0. The minimum Gasteiger partial charge on any atom is -0.493 e. The van der Waals surface area contributed by atoms with Crippen LogP contribution in [-0.2, 0) is 16.8 Å². The molecule has 1 aromatic heterocycles. The molecular formula is C22H28N4O3S. The van der Waals surface area contributed by atoms with Gasteiger partial charge in [-0.05, 0) is 12.1 Å². The summed E-state index contributed by atoms with van der Waals surface area (Å²) in [4.78, 5) is 21.5. The van der Waals surface area contributed by atoms with Gasteiger partial charge in [0.1, 0.15) is 0 Å². The second-order valence-electron chi connectivity index (χ2n) is 8.32. The molecule has 3 rings (SSSR count). The summed E-state index contributed by atoms with van der Waals surface area (Å²) in [6.45, 7) is 10.3. The van der Waals surface area contributed by atoms with Crippen LogP contribution in [0.25, 0.3) is 0 Å². The Morgan fingerprint density at radius 2 is 1.97 bits per heavy atom. The number of nitrogens with zero attached hydrogens (tertiary/aromatic N) is 4. The van der Waals surface area contributed by atoms with Gasteiger partial charge < -0.3 is 14.4 Å². The molecule has 7 nitrogen and oxygen atoms in total. The van der Waals surface area contributed by atoms with E-state index in [0.717, 1.165) is 30.3 Å².